The maximum absolute atomic E-state index is 13.6. The van der Waals surface area contributed by atoms with Crippen LogP contribution in [0.2, 0.25) is 10.0 Å². The van der Waals surface area contributed by atoms with Gasteiger partial charge in [-0.1, -0.05) is 83.4 Å². The number of thioether (sulfide) groups is 1. The highest BCUT2D eigenvalue weighted by atomic mass is 35.5. The summed E-state index contributed by atoms with van der Waals surface area (Å²) >= 11 is 13.6. The lowest BCUT2D eigenvalue weighted by Crippen LogP contribution is -2.28. The van der Waals surface area contributed by atoms with Crippen molar-refractivity contribution in [3.8, 4) is 11.5 Å². The smallest absolute Gasteiger partial charge is 0.267 e. The largest absolute Gasteiger partial charge is 0.493 e. The van der Waals surface area contributed by atoms with Crippen LogP contribution in [0.5, 0.6) is 11.5 Å². The van der Waals surface area contributed by atoms with E-state index in [1.807, 2.05) is 91.9 Å². The second-order valence-corrected chi connectivity index (χ2v) is 11.0. The Morgan fingerprint density at radius 1 is 0.925 bits per heavy atom. The van der Waals surface area contributed by atoms with Crippen LogP contribution in [0.25, 0.3) is 6.08 Å². The van der Waals surface area contributed by atoms with Gasteiger partial charge in [-0.25, -0.2) is 4.99 Å². The van der Waals surface area contributed by atoms with E-state index in [0.717, 1.165) is 27.9 Å². The molecule has 0 saturated carbocycles. The average Bonchev–Trinajstić information content (AvgIpc) is 3.23. The zero-order chi connectivity index (χ0) is 28.1. The van der Waals surface area contributed by atoms with E-state index in [2.05, 4.69) is 0 Å². The quantitative estimate of drug-likeness (QED) is 0.193. The molecule has 1 amide bonds. The van der Waals surface area contributed by atoms with Crippen LogP contribution in [0, 0.1) is 6.92 Å². The van der Waals surface area contributed by atoms with Crippen molar-refractivity contribution in [2.45, 2.75) is 20.1 Å². The summed E-state index contributed by atoms with van der Waals surface area (Å²) < 4.78 is 11.6. The van der Waals surface area contributed by atoms with Gasteiger partial charge in [-0.2, -0.15) is 0 Å². The molecule has 5 rings (SSSR count). The maximum atomic E-state index is 13.6. The summed E-state index contributed by atoms with van der Waals surface area (Å²) in [5, 5.41) is 1.74. The van der Waals surface area contributed by atoms with E-state index < -0.39 is 0 Å². The third-order valence-corrected chi connectivity index (χ3v) is 7.81. The minimum Gasteiger partial charge on any atom is -0.493 e. The number of halogens is 2. The Morgan fingerprint density at radius 3 is 2.42 bits per heavy atom. The Labute approximate surface area is 248 Å². The second kappa shape index (κ2) is 12.6. The summed E-state index contributed by atoms with van der Waals surface area (Å²) in [6.45, 7) is 2.72. The topological polar surface area (TPSA) is 51.1 Å². The molecule has 0 unspecified atom stereocenters. The molecule has 1 aliphatic rings. The van der Waals surface area contributed by atoms with Gasteiger partial charge in [0.25, 0.3) is 5.91 Å². The average molecular weight is 590 g/mol. The number of hydrogen-bond acceptors (Lipinski definition) is 5. The van der Waals surface area contributed by atoms with E-state index in [1.165, 1.54) is 11.8 Å². The number of nitrogens with zero attached hydrogens (tertiary/aromatic N) is 2. The van der Waals surface area contributed by atoms with Crippen LogP contribution in [-0.4, -0.2) is 23.1 Å². The lowest BCUT2D eigenvalue weighted by atomic mass is 10.1. The van der Waals surface area contributed by atoms with Gasteiger partial charge in [0.1, 0.15) is 6.61 Å². The molecule has 0 bridgehead atoms. The zero-order valence-electron chi connectivity index (χ0n) is 21.9. The first-order valence-electron chi connectivity index (χ1n) is 12.5. The predicted molar refractivity (Wildman–Crippen MR) is 165 cm³/mol. The summed E-state index contributed by atoms with van der Waals surface area (Å²) in [5.41, 5.74) is 4.59. The molecule has 0 aliphatic carbocycles. The van der Waals surface area contributed by atoms with Crippen LogP contribution in [0.4, 0.5) is 5.69 Å². The van der Waals surface area contributed by atoms with Gasteiger partial charge in [-0.05, 0) is 72.3 Å². The minimum atomic E-state index is -0.101. The van der Waals surface area contributed by atoms with Crippen LogP contribution >= 0.6 is 35.0 Å². The molecule has 202 valence electrons. The van der Waals surface area contributed by atoms with Crippen LogP contribution in [-0.2, 0) is 17.9 Å². The highest BCUT2D eigenvalue weighted by Crippen LogP contribution is 2.37. The number of aryl methyl sites for hydroxylation is 1. The Hall–Kier alpha value is -3.71. The van der Waals surface area contributed by atoms with Crippen molar-refractivity contribution in [3.05, 3.63) is 128 Å². The highest BCUT2D eigenvalue weighted by Gasteiger charge is 2.33. The van der Waals surface area contributed by atoms with Crippen molar-refractivity contribution in [1.82, 2.24) is 4.90 Å². The van der Waals surface area contributed by atoms with E-state index in [-0.39, 0.29) is 12.5 Å². The van der Waals surface area contributed by atoms with E-state index in [9.17, 15) is 4.79 Å². The van der Waals surface area contributed by atoms with Gasteiger partial charge in [0.05, 0.1) is 24.2 Å². The molecule has 4 aromatic rings. The number of aliphatic imine (C=N–C) groups is 1. The van der Waals surface area contributed by atoms with Gasteiger partial charge in [0, 0.05) is 15.6 Å². The summed E-state index contributed by atoms with van der Waals surface area (Å²) in [6, 6.07) is 28.7. The van der Waals surface area contributed by atoms with E-state index in [4.69, 9.17) is 37.7 Å². The van der Waals surface area contributed by atoms with Gasteiger partial charge in [0.15, 0.2) is 16.7 Å². The van der Waals surface area contributed by atoms with E-state index >= 15 is 0 Å². The van der Waals surface area contributed by atoms with Crippen molar-refractivity contribution >= 4 is 57.8 Å². The van der Waals surface area contributed by atoms with Crippen LogP contribution in [0.15, 0.2) is 101 Å². The molecule has 1 heterocycles. The summed E-state index contributed by atoms with van der Waals surface area (Å²) in [7, 11) is 1.58. The fourth-order valence-corrected chi connectivity index (χ4v) is 5.53. The molecule has 1 aliphatic heterocycles. The van der Waals surface area contributed by atoms with Crippen molar-refractivity contribution in [3.63, 3.8) is 0 Å². The van der Waals surface area contributed by atoms with Gasteiger partial charge in [-0.3, -0.25) is 9.69 Å². The highest BCUT2D eigenvalue weighted by molar-refractivity contribution is 8.18. The Morgan fingerprint density at radius 2 is 1.70 bits per heavy atom. The van der Waals surface area contributed by atoms with Crippen LogP contribution < -0.4 is 9.47 Å². The molecule has 5 nitrogen and oxygen atoms in total. The number of amidine groups is 1. The predicted octanol–water partition coefficient (Wildman–Crippen LogP) is 8.69. The first-order valence-corrected chi connectivity index (χ1v) is 14.1. The molecule has 1 fully saturated rings. The maximum Gasteiger partial charge on any atom is 0.267 e. The summed E-state index contributed by atoms with van der Waals surface area (Å²) in [5.74, 6) is 1.01. The van der Waals surface area contributed by atoms with E-state index in [0.29, 0.717) is 38.2 Å². The van der Waals surface area contributed by atoms with E-state index in [1.54, 1.807) is 24.1 Å². The lowest BCUT2D eigenvalue weighted by molar-refractivity contribution is -0.122. The number of hydrogen-bond donors (Lipinski definition) is 0. The number of benzene rings is 4. The number of amides is 1. The Kier molecular flexibility index (Phi) is 8.80. The number of methoxy groups -OCH3 is 1. The number of carbonyl (C=O) groups excluding carboxylic acids is 1. The lowest BCUT2D eigenvalue weighted by Gasteiger charge is -2.15. The molecular formula is C32H26Cl2N2O3S. The molecule has 4 aromatic carbocycles. The molecule has 0 radical (unpaired) electrons. The van der Waals surface area contributed by atoms with Gasteiger partial charge in [-0.15, -0.1) is 0 Å². The number of ether oxygens (including phenoxy) is 2. The molecule has 1 saturated heterocycles. The first-order chi connectivity index (χ1) is 19.4. The first kappa shape index (κ1) is 27.8. The molecule has 0 atom stereocenters. The molecule has 0 spiro atoms. The normalized spacial score (nSPS) is 15.2. The van der Waals surface area contributed by atoms with Crippen molar-refractivity contribution in [2.24, 2.45) is 4.99 Å². The van der Waals surface area contributed by atoms with Gasteiger partial charge < -0.3 is 9.47 Å². The van der Waals surface area contributed by atoms with Crippen molar-refractivity contribution in [2.75, 3.05) is 7.11 Å². The van der Waals surface area contributed by atoms with Crippen molar-refractivity contribution < 1.29 is 14.3 Å². The van der Waals surface area contributed by atoms with Gasteiger partial charge >= 0.3 is 0 Å². The van der Waals surface area contributed by atoms with Gasteiger partial charge in [0.2, 0.25) is 0 Å². The Balaban J connectivity index is 1.40. The molecule has 8 heteroatoms. The fourth-order valence-electron chi connectivity index (χ4n) is 4.07. The Bertz CT molecular complexity index is 1590. The summed E-state index contributed by atoms with van der Waals surface area (Å²) in [6.07, 6.45) is 1.85. The second-order valence-electron chi connectivity index (χ2n) is 9.15. The molecular weight excluding hydrogens is 563 g/mol. The zero-order valence-corrected chi connectivity index (χ0v) is 24.3. The monoisotopic (exact) mass is 588 g/mol. The number of carbonyl (C=O) groups is 1. The van der Waals surface area contributed by atoms with Crippen LogP contribution in [0.1, 0.15) is 22.3 Å². The standard InChI is InChI=1S/C32H26Cl2N2O3S/c1-21-8-13-26(14-9-21)35-32-36(19-22-6-4-3-5-7-22)31(37)30(40-32)17-23-10-15-28(29(16-23)38-2)39-20-24-11-12-25(33)18-27(24)34/h3-18H,19-20H2,1-2H3/b30-17+,35-32?. The molecule has 0 aromatic heterocycles. The summed E-state index contributed by atoms with van der Waals surface area (Å²) in [4.78, 5) is 20.7. The SMILES string of the molecule is COc1cc(/C=C2/SC(=Nc3ccc(C)cc3)N(Cc3ccccc3)C2=O)ccc1OCc1ccc(Cl)cc1Cl. The third kappa shape index (κ3) is 6.70. The van der Waals surface area contributed by atoms with Crippen LogP contribution in [0.3, 0.4) is 0 Å². The third-order valence-electron chi connectivity index (χ3n) is 6.21. The fraction of sp³-hybridized carbons (Fsp3) is 0.125. The van der Waals surface area contributed by atoms with Crippen molar-refractivity contribution in [1.29, 1.82) is 0 Å². The molecule has 0 N–H and O–H groups in total. The molecule has 40 heavy (non-hydrogen) atoms. The number of rotatable bonds is 8. The minimum absolute atomic E-state index is 0.101.